The van der Waals surface area contributed by atoms with Crippen molar-refractivity contribution in [2.45, 2.75) is 20.0 Å². The molecule has 0 saturated heterocycles. The summed E-state index contributed by atoms with van der Waals surface area (Å²) >= 11 is 7.46. The van der Waals surface area contributed by atoms with E-state index >= 15 is 0 Å². The predicted octanol–water partition coefficient (Wildman–Crippen LogP) is 4.07. The first kappa shape index (κ1) is 18.8. The molecule has 0 saturated carbocycles. The molecule has 2 aromatic rings. The van der Waals surface area contributed by atoms with Crippen LogP contribution in [0, 0.1) is 0 Å². The number of hydrogen-bond acceptors (Lipinski definition) is 3. The van der Waals surface area contributed by atoms with Crippen LogP contribution in [0.2, 0.25) is 4.34 Å². The SMILES string of the molecule is CCN(Cc1ccc(Cl)s1)C(=O)NCCN(C)Cc1ccccc1. The van der Waals surface area contributed by atoms with Gasteiger partial charge in [0.1, 0.15) is 0 Å². The highest BCUT2D eigenvalue weighted by Gasteiger charge is 2.13. The zero-order valence-corrected chi connectivity index (χ0v) is 15.7. The van der Waals surface area contributed by atoms with Crippen molar-refractivity contribution in [1.29, 1.82) is 0 Å². The average molecular weight is 366 g/mol. The Hall–Kier alpha value is -1.56. The summed E-state index contributed by atoms with van der Waals surface area (Å²) in [5.74, 6) is 0. The molecule has 1 aromatic carbocycles. The third-order valence-electron chi connectivity index (χ3n) is 3.71. The molecular formula is C18H24ClN3OS. The first-order chi connectivity index (χ1) is 11.6. The summed E-state index contributed by atoms with van der Waals surface area (Å²) in [6, 6.07) is 14.1. The summed E-state index contributed by atoms with van der Waals surface area (Å²) in [6.07, 6.45) is 0. The first-order valence-electron chi connectivity index (χ1n) is 8.08. The second kappa shape index (κ2) is 9.67. The van der Waals surface area contributed by atoms with Gasteiger partial charge >= 0.3 is 6.03 Å². The molecule has 0 aliphatic heterocycles. The van der Waals surface area contributed by atoms with E-state index in [0.717, 1.165) is 22.3 Å². The van der Waals surface area contributed by atoms with Gasteiger partial charge in [0.25, 0.3) is 0 Å². The van der Waals surface area contributed by atoms with Gasteiger partial charge in [-0.1, -0.05) is 41.9 Å². The summed E-state index contributed by atoms with van der Waals surface area (Å²) < 4.78 is 0.754. The highest BCUT2D eigenvalue weighted by atomic mass is 35.5. The van der Waals surface area contributed by atoms with E-state index in [1.54, 1.807) is 4.90 Å². The normalized spacial score (nSPS) is 10.8. The molecule has 0 atom stereocenters. The Kier molecular flexibility index (Phi) is 7.56. The predicted molar refractivity (Wildman–Crippen MR) is 102 cm³/mol. The zero-order chi connectivity index (χ0) is 17.4. The number of urea groups is 1. The van der Waals surface area contributed by atoms with Crippen LogP contribution in [-0.4, -0.2) is 42.5 Å². The van der Waals surface area contributed by atoms with Crippen molar-refractivity contribution in [3.05, 3.63) is 57.2 Å². The average Bonchev–Trinajstić information content (AvgIpc) is 2.98. The Bertz CT molecular complexity index is 632. The monoisotopic (exact) mass is 365 g/mol. The molecule has 0 unspecified atom stereocenters. The number of benzene rings is 1. The zero-order valence-electron chi connectivity index (χ0n) is 14.2. The molecule has 0 bridgehead atoms. The lowest BCUT2D eigenvalue weighted by Gasteiger charge is -2.22. The van der Waals surface area contributed by atoms with Gasteiger partial charge in [0, 0.05) is 31.1 Å². The van der Waals surface area contributed by atoms with Crippen molar-refractivity contribution >= 4 is 29.0 Å². The van der Waals surface area contributed by atoms with Gasteiger partial charge in [-0.15, -0.1) is 11.3 Å². The van der Waals surface area contributed by atoms with Gasteiger partial charge in [-0.25, -0.2) is 4.79 Å². The molecule has 1 aromatic heterocycles. The molecule has 130 valence electrons. The number of nitrogens with zero attached hydrogens (tertiary/aromatic N) is 2. The van der Waals surface area contributed by atoms with Crippen molar-refractivity contribution in [3.8, 4) is 0 Å². The van der Waals surface area contributed by atoms with Crippen molar-refractivity contribution < 1.29 is 4.79 Å². The Balaban J connectivity index is 1.72. The number of rotatable bonds is 8. The number of likely N-dealkylation sites (N-methyl/N-ethyl adjacent to an activating group) is 1. The van der Waals surface area contributed by atoms with Crippen LogP contribution >= 0.6 is 22.9 Å². The van der Waals surface area contributed by atoms with E-state index in [2.05, 4.69) is 29.4 Å². The van der Waals surface area contributed by atoms with Crippen LogP contribution in [0.5, 0.6) is 0 Å². The van der Waals surface area contributed by atoms with Gasteiger partial charge in [-0.2, -0.15) is 0 Å². The second-order valence-electron chi connectivity index (χ2n) is 5.68. The Morgan fingerprint density at radius 1 is 1.17 bits per heavy atom. The summed E-state index contributed by atoms with van der Waals surface area (Å²) in [4.78, 5) is 17.4. The maximum Gasteiger partial charge on any atom is 0.317 e. The lowest BCUT2D eigenvalue weighted by Crippen LogP contribution is -2.42. The van der Waals surface area contributed by atoms with E-state index in [1.165, 1.54) is 16.9 Å². The molecule has 0 radical (unpaired) electrons. The molecular weight excluding hydrogens is 342 g/mol. The Morgan fingerprint density at radius 3 is 2.54 bits per heavy atom. The van der Waals surface area contributed by atoms with E-state index in [0.29, 0.717) is 19.6 Å². The van der Waals surface area contributed by atoms with Gasteiger partial charge in [-0.3, -0.25) is 0 Å². The molecule has 0 aliphatic carbocycles. The molecule has 4 nitrogen and oxygen atoms in total. The molecule has 2 amide bonds. The van der Waals surface area contributed by atoms with Crippen molar-refractivity contribution in [3.63, 3.8) is 0 Å². The summed E-state index contributed by atoms with van der Waals surface area (Å²) in [5, 5.41) is 2.99. The molecule has 0 spiro atoms. The van der Waals surface area contributed by atoms with Crippen molar-refractivity contribution in [1.82, 2.24) is 15.1 Å². The highest BCUT2D eigenvalue weighted by molar-refractivity contribution is 7.16. The summed E-state index contributed by atoms with van der Waals surface area (Å²) in [6.45, 7) is 5.56. The molecule has 0 fully saturated rings. The number of hydrogen-bond donors (Lipinski definition) is 1. The fourth-order valence-electron chi connectivity index (χ4n) is 2.39. The van der Waals surface area contributed by atoms with Crippen LogP contribution < -0.4 is 5.32 Å². The molecule has 0 aliphatic rings. The number of carbonyl (C=O) groups excluding carboxylic acids is 1. The molecule has 24 heavy (non-hydrogen) atoms. The van der Waals surface area contributed by atoms with E-state index in [1.807, 2.05) is 37.3 Å². The number of amides is 2. The largest absolute Gasteiger partial charge is 0.337 e. The quantitative estimate of drug-likeness (QED) is 0.765. The van der Waals surface area contributed by atoms with Crippen LogP contribution in [0.1, 0.15) is 17.4 Å². The highest BCUT2D eigenvalue weighted by Crippen LogP contribution is 2.22. The van der Waals surface area contributed by atoms with Gasteiger partial charge in [0.05, 0.1) is 10.9 Å². The topological polar surface area (TPSA) is 35.6 Å². The van der Waals surface area contributed by atoms with E-state index < -0.39 is 0 Å². The second-order valence-corrected chi connectivity index (χ2v) is 7.47. The number of thiophene rings is 1. The minimum absolute atomic E-state index is 0.0323. The van der Waals surface area contributed by atoms with Gasteiger partial charge in [0.2, 0.25) is 0 Å². The first-order valence-corrected chi connectivity index (χ1v) is 9.27. The van der Waals surface area contributed by atoms with Crippen LogP contribution in [0.15, 0.2) is 42.5 Å². The smallest absolute Gasteiger partial charge is 0.317 e. The lowest BCUT2D eigenvalue weighted by molar-refractivity contribution is 0.196. The minimum atomic E-state index is -0.0323. The fraction of sp³-hybridized carbons (Fsp3) is 0.389. The minimum Gasteiger partial charge on any atom is -0.337 e. The number of nitrogens with one attached hydrogen (secondary N) is 1. The number of halogens is 1. The summed E-state index contributed by atoms with van der Waals surface area (Å²) in [5.41, 5.74) is 1.27. The van der Waals surface area contributed by atoms with E-state index in [4.69, 9.17) is 11.6 Å². The lowest BCUT2D eigenvalue weighted by atomic mass is 10.2. The molecule has 6 heteroatoms. The van der Waals surface area contributed by atoms with Gasteiger partial charge in [-0.05, 0) is 31.7 Å². The third-order valence-corrected chi connectivity index (χ3v) is 4.93. The number of carbonyl (C=O) groups is 1. The summed E-state index contributed by atoms with van der Waals surface area (Å²) in [7, 11) is 2.06. The van der Waals surface area contributed by atoms with Gasteiger partial charge < -0.3 is 15.1 Å². The third kappa shape index (κ3) is 6.15. The van der Waals surface area contributed by atoms with E-state index in [-0.39, 0.29) is 6.03 Å². The van der Waals surface area contributed by atoms with E-state index in [9.17, 15) is 4.79 Å². The standard InChI is InChI=1S/C18H24ClN3OS/c1-3-22(14-16-9-10-17(19)24-16)18(23)20-11-12-21(2)13-15-7-5-4-6-8-15/h4-10H,3,11-14H2,1-2H3,(H,20,23). The van der Waals surface area contributed by atoms with Crippen molar-refractivity contribution in [2.75, 3.05) is 26.7 Å². The maximum atomic E-state index is 12.3. The Labute approximate surface area is 153 Å². The van der Waals surface area contributed by atoms with Crippen LogP contribution in [0.25, 0.3) is 0 Å². The fourth-order valence-corrected chi connectivity index (χ4v) is 3.50. The molecule has 2 rings (SSSR count). The van der Waals surface area contributed by atoms with Crippen molar-refractivity contribution in [2.24, 2.45) is 0 Å². The molecule has 1 N–H and O–H groups in total. The van der Waals surface area contributed by atoms with Crippen LogP contribution in [-0.2, 0) is 13.1 Å². The van der Waals surface area contributed by atoms with Gasteiger partial charge in [0.15, 0.2) is 0 Å². The maximum absolute atomic E-state index is 12.3. The van der Waals surface area contributed by atoms with Crippen LogP contribution in [0.4, 0.5) is 4.79 Å². The Morgan fingerprint density at radius 2 is 1.92 bits per heavy atom. The van der Waals surface area contributed by atoms with Crippen LogP contribution in [0.3, 0.4) is 0 Å². The molecule has 1 heterocycles.